The van der Waals surface area contributed by atoms with Crippen LogP contribution in [0.1, 0.15) is 5.89 Å². The van der Waals surface area contributed by atoms with Gasteiger partial charge < -0.3 is 8.98 Å². The summed E-state index contributed by atoms with van der Waals surface area (Å²) in [7, 11) is 1.96. The van der Waals surface area contributed by atoms with Crippen molar-refractivity contribution in [2.24, 2.45) is 7.05 Å². The number of hydrogen-bond donors (Lipinski definition) is 0. The Hall–Kier alpha value is -1.97. The van der Waals surface area contributed by atoms with Crippen molar-refractivity contribution in [1.29, 1.82) is 0 Å². The Kier molecular flexibility index (Phi) is 4.69. The minimum Gasteiger partial charge on any atom is -0.420 e. The van der Waals surface area contributed by atoms with E-state index in [0.29, 0.717) is 17.5 Å². The fourth-order valence-electron chi connectivity index (χ4n) is 2.24. The van der Waals surface area contributed by atoms with Gasteiger partial charge >= 0.3 is 0 Å². The van der Waals surface area contributed by atoms with Crippen LogP contribution in [0.5, 0.6) is 0 Å². The monoisotopic (exact) mass is 433 g/mol. The lowest BCUT2D eigenvalue weighted by molar-refractivity contribution is 0.528. The minimum absolute atomic E-state index is 0.500. The summed E-state index contributed by atoms with van der Waals surface area (Å²) in [5, 5.41) is 19.6. The molecule has 0 amide bonds. The van der Waals surface area contributed by atoms with Crippen molar-refractivity contribution < 1.29 is 4.42 Å². The second-order valence-electron chi connectivity index (χ2n) is 5.11. The second-order valence-corrected chi connectivity index (χ2v) is 7.86. The van der Waals surface area contributed by atoms with E-state index < -0.39 is 0 Å². The predicted octanol–water partition coefficient (Wildman–Crippen LogP) is 4.65. The molecule has 0 aliphatic carbocycles. The smallest absolute Gasteiger partial charge is 0.248 e. The van der Waals surface area contributed by atoms with Crippen LogP contribution >= 0.6 is 39.0 Å². The Morgan fingerprint density at radius 2 is 2.00 bits per heavy atom. The van der Waals surface area contributed by atoms with Crippen LogP contribution in [-0.2, 0) is 12.8 Å². The lowest BCUT2D eigenvalue weighted by atomic mass is 10.2. The summed E-state index contributed by atoms with van der Waals surface area (Å²) in [5.41, 5.74) is 0.880. The lowest BCUT2D eigenvalue weighted by Gasteiger charge is -2.00. The number of hydrogen-bond acceptors (Lipinski definition) is 7. The van der Waals surface area contributed by atoms with Gasteiger partial charge in [-0.1, -0.05) is 30.0 Å². The molecule has 126 valence electrons. The third kappa shape index (κ3) is 3.39. The van der Waals surface area contributed by atoms with Crippen molar-refractivity contribution in [3.05, 3.63) is 52.1 Å². The Morgan fingerprint density at radius 3 is 2.80 bits per heavy atom. The normalized spacial score (nSPS) is 11.1. The van der Waals surface area contributed by atoms with E-state index in [-0.39, 0.29) is 0 Å². The summed E-state index contributed by atoms with van der Waals surface area (Å²) in [6, 6.07) is 11.8. The van der Waals surface area contributed by atoms with Crippen LogP contribution < -0.4 is 0 Å². The molecule has 0 unspecified atom stereocenters. The average molecular weight is 434 g/mol. The van der Waals surface area contributed by atoms with Gasteiger partial charge in [0.1, 0.15) is 0 Å². The predicted molar refractivity (Wildman–Crippen MR) is 101 cm³/mol. The number of thioether (sulfide) groups is 1. The van der Waals surface area contributed by atoms with Crippen molar-refractivity contribution >= 4 is 39.0 Å². The maximum absolute atomic E-state index is 5.76. The highest BCUT2D eigenvalue weighted by atomic mass is 79.9. The number of aromatic nitrogens is 5. The number of thiophene rings is 1. The fraction of sp³-hybridized carbons (Fsp3) is 0.125. The summed E-state index contributed by atoms with van der Waals surface area (Å²) in [4.78, 5) is 1.09. The highest BCUT2D eigenvalue weighted by Gasteiger charge is 2.15. The van der Waals surface area contributed by atoms with Crippen molar-refractivity contribution in [1.82, 2.24) is 25.0 Å². The molecule has 1 aromatic carbocycles. The summed E-state index contributed by atoms with van der Waals surface area (Å²) < 4.78 is 8.66. The number of rotatable bonds is 5. The van der Waals surface area contributed by atoms with Gasteiger partial charge in [-0.25, -0.2) is 0 Å². The van der Waals surface area contributed by atoms with E-state index in [1.165, 1.54) is 11.8 Å². The zero-order valence-electron chi connectivity index (χ0n) is 13.1. The van der Waals surface area contributed by atoms with Crippen LogP contribution in [0.15, 0.2) is 55.8 Å². The molecule has 0 radical (unpaired) electrons. The van der Waals surface area contributed by atoms with Gasteiger partial charge in [-0.2, -0.15) is 0 Å². The number of benzene rings is 1. The first-order chi connectivity index (χ1) is 12.2. The van der Waals surface area contributed by atoms with Gasteiger partial charge in [-0.05, 0) is 39.5 Å². The topological polar surface area (TPSA) is 69.6 Å². The zero-order chi connectivity index (χ0) is 17.2. The molecule has 4 rings (SSSR count). The summed E-state index contributed by atoms with van der Waals surface area (Å²) in [6.45, 7) is 0. The Bertz CT molecular complexity index is 996. The molecule has 3 heterocycles. The van der Waals surface area contributed by atoms with Gasteiger partial charge in [-0.15, -0.1) is 31.7 Å². The molecule has 0 saturated heterocycles. The standard InChI is InChI=1S/C16H12BrN5OS2/c1-22-14(12-7-4-8-24-12)19-21-16(22)25-9-13-18-20-15(23-13)10-5-2-3-6-11(10)17/h2-8H,9H2,1H3. The van der Waals surface area contributed by atoms with Crippen molar-refractivity contribution in [3.63, 3.8) is 0 Å². The molecule has 3 aromatic heterocycles. The molecule has 0 aliphatic heterocycles. The maximum atomic E-state index is 5.76. The van der Waals surface area contributed by atoms with Gasteiger partial charge in [0.25, 0.3) is 0 Å². The van der Waals surface area contributed by atoms with Gasteiger partial charge in [0.05, 0.1) is 16.2 Å². The highest BCUT2D eigenvalue weighted by molar-refractivity contribution is 9.10. The van der Waals surface area contributed by atoms with Gasteiger partial charge in [0.2, 0.25) is 11.8 Å². The highest BCUT2D eigenvalue weighted by Crippen LogP contribution is 2.30. The molecule has 0 fully saturated rings. The van der Waals surface area contributed by atoms with E-state index in [1.54, 1.807) is 11.3 Å². The molecular formula is C16H12BrN5OS2. The summed E-state index contributed by atoms with van der Waals surface area (Å²) in [6.07, 6.45) is 0. The first-order valence-corrected chi connectivity index (χ1v) is 10.0. The molecule has 0 atom stereocenters. The molecule has 25 heavy (non-hydrogen) atoms. The molecule has 0 aliphatic rings. The molecule has 0 saturated carbocycles. The molecule has 0 bridgehead atoms. The molecule has 6 nitrogen and oxygen atoms in total. The SMILES string of the molecule is Cn1c(SCc2nnc(-c3ccccc3Br)o2)nnc1-c1cccs1. The zero-order valence-corrected chi connectivity index (χ0v) is 16.3. The van der Waals surface area contributed by atoms with E-state index in [1.807, 2.05) is 53.4 Å². The van der Waals surface area contributed by atoms with Gasteiger partial charge in [0, 0.05) is 11.5 Å². The third-order valence-electron chi connectivity index (χ3n) is 3.47. The van der Waals surface area contributed by atoms with Crippen molar-refractivity contribution in [2.45, 2.75) is 10.9 Å². The van der Waals surface area contributed by atoms with Crippen LogP contribution in [0, 0.1) is 0 Å². The van der Waals surface area contributed by atoms with Crippen LogP contribution in [0.4, 0.5) is 0 Å². The van der Waals surface area contributed by atoms with Crippen molar-refractivity contribution in [2.75, 3.05) is 0 Å². The Morgan fingerprint density at radius 1 is 1.12 bits per heavy atom. The van der Waals surface area contributed by atoms with Crippen LogP contribution in [0.3, 0.4) is 0 Å². The minimum atomic E-state index is 0.500. The molecule has 4 aromatic rings. The average Bonchev–Trinajstić information content (AvgIpc) is 3.34. The third-order valence-corrected chi connectivity index (χ3v) is 6.03. The van der Waals surface area contributed by atoms with Gasteiger partial charge in [-0.3, -0.25) is 0 Å². The van der Waals surface area contributed by atoms with Crippen LogP contribution in [0.2, 0.25) is 0 Å². The van der Waals surface area contributed by atoms with E-state index in [4.69, 9.17) is 4.42 Å². The molecule has 9 heteroatoms. The molecule has 0 spiro atoms. The maximum Gasteiger partial charge on any atom is 0.248 e. The Labute approximate surface area is 160 Å². The molecular weight excluding hydrogens is 422 g/mol. The summed E-state index contributed by atoms with van der Waals surface area (Å²) >= 11 is 6.65. The van der Waals surface area contributed by atoms with Crippen molar-refractivity contribution in [3.8, 4) is 22.2 Å². The van der Waals surface area contributed by atoms with Crippen LogP contribution in [0.25, 0.3) is 22.2 Å². The van der Waals surface area contributed by atoms with E-state index in [2.05, 4.69) is 36.3 Å². The summed E-state index contributed by atoms with van der Waals surface area (Å²) in [5.74, 6) is 2.45. The van der Waals surface area contributed by atoms with E-state index in [9.17, 15) is 0 Å². The van der Waals surface area contributed by atoms with E-state index in [0.717, 1.165) is 25.9 Å². The quantitative estimate of drug-likeness (QED) is 0.426. The van der Waals surface area contributed by atoms with E-state index >= 15 is 0 Å². The second kappa shape index (κ2) is 7.11. The van der Waals surface area contributed by atoms with Gasteiger partial charge in [0.15, 0.2) is 11.0 Å². The Balaban J connectivity index is 1.49. The fourth-order valence-corrected chi connectivity index (χ4v) is 4.19. The van der Waals surface area contributed by atoms with Crippen LogP contribution in [-0.4, -0.2) is 25.0 Å². The lowest BCUT2D eigenvalue weighted by Crippen LogP contribution is -1.94. The number of halogens is 1. The number of nitrogens with zero attached hydrogens (tertiary/aromatic N) is 5. The first kappa shape index (κ1) is 16.5. The largest absolute Gasteiger partial charge is 0.420 e. The molecule has 0 N–H and O–H groups in total. The first-order valence-electron chi connectivity index (χ1n) is 7.35.